The summed E-state index contributed by atoms with van der Waals surface area (Å²) in [6, 6.07) is 11.9. The minimum absolute atomic E-state index is 0.153. The number of aliphatic hydroxyl groups excluding tert-OH is 1. The van der Waals surface area contributed by atoms with Gasteiger partial charge in [0.1, 0.15) is 12.4 Å². The van der Waals surface area contributed by atoms with Crippen LogP contribution in [-0.4, -0.2) is 12.2 Å². The molecule has 0 heterocycles. The van der Waals surface area contributed by atoms with Crippen LogP contribution in [0.1, 0.15) is 24.2 Å². The molecule has 0 spiro atoms. The van der Waals surface area contributed by atoms with Crippen molar-refractivity contribution in [3.05, 3.63) is 59.4 Å². The molecule has 0 saturated carbocycles. The fourth-order valence-electron chi connectivity index (χ4n) is 1.87. The predicted molar refractivity (Wildman–Crippen MR) is 74.4 cm³/mol. The van der Waals surface area contributed by atoms with Crippen molar-refractivity contribution in [2.45, 2.75) is 19.6 Å². The van der Waals surface area contributed by atoms with Crippen LogP contribution in [0, 0.1) is 5.82 Å². The minimum Gasteiger partial charge on any atom is -0.496 e. The number of rotatable bonds is 5. The summed E-state index contributed by atoms with van der Waals surface area (Å²) in [5.41, 5.74) is 1.36. The zero-order valence-electron chi connectivity index (χ0n) is 11.5. The molecule has 0 bridgehead atoms. The van der Waals surface area contributed by atoms with Gasteiger partial charge in [-0.1, -0.05) is 24.3 Å². The third-order valence-electron chi connectivity index (χ3n) is 3.01. The first-order chi connectivity index (χ1) is 9.61. The van der Waals surface area contributed by atoms with E-state index in [1.54, 1.807) is 20.1 Å². The molecule has 4 heteroatoms. The van der Waals surface area contributed by atoms with Gasteiger partial charge in [-0.3, -0.25) is 0 Å². The second-order valence-electron chi connectivity index (χ2n) is 4.47. The zero-order valence-corrected chi connectivity index (χ0v) is 11.5. The van der Waals surface area contributed by atoms with Gasteiger partial charge in [-0.15, -0.1) is 0 Å². The standard InChI is InChI=1S/C16H17FO3/c1-11(18)12-7-8-16(14(17)9-12)20-10-13-5-3-4-6-15(13)19-2/h3-9,11,18H,10H2,1-2H3/t11-/m0/s1. The maximum Gasteiger partial charge on any atom is 0.165 e. The molecule has 20 heavy (non-hydrogen) atoms. The molecule has 3 nitrogen and oxygen atoms in total. The van der Waals surface area contributed by atoms with Crippen LogP contribution in [0.3, 0.4) is 0 Å². The first kappa shape index (κ1) is 14.3. The van der Waals surface area contributed by atoms with Crippen LogP contribution in [-0.2, 0) is 6.61 Å². The van der Waals surface area contributed by atoms with Crippen LogP contribution in [0.2, 0.25) is 0 Å². The quantitative estimate of drug-likeness (QED) is 0.908. The van der Waals surface area contributed by atoms with Gasteiger partial charge in [0.2, 0.25) is 0 Å². The normalized spacial score (nSPS) is 12.0. The Morgan fingerprint density at radius 3 is 2.55 bits per heavy atom. The van der Waals surface area contributed by atoms with E-state index in [0.717, 1.165) is 5.56 Å². The monoisotopic (exact) mass is 276 g/mol. The zero-order chi connectivity index (χ0) is 14.5. The molecule has 1 atom stereocenters. The Morgan fingerprint density at radius 2 is 1.90 bits per heavy atom. The molecule has 0 unspecified atom stereocenters. The SMILES string of the molecule is COc1ccccc1COc1ccc([C@H](C)O)cc1F. The highest BCUT2D eigenvalue weighted by atomic mass is 19.1. The summed E-state index contributed by atoms with van der Waals surface area (Å²) >= 11 is 0. The number of aliphatic hydroxyl groups is 1. The largest absolute Gasteiger partial charge is 0.496 e. The molecule has 0 fully saturated rings. The van der Waals surface area contributed by atoms with Crippen molar-refractivity contribution in [3.8, 4) is 11.5 Å². The van der Waals surface area contributed by atoms with Crippen molar-refractivity contribution in [3.63, 3.8) is 0 Å². The van der Waals surface area contributed by atoms with Crippen molar-refractivity contribution in [1.29, 1.82) is 0 Å². The van der Waals surface area contributed by atoms with Crippen molar-refractivity contribution in [2.75, 3.05) is 7.11 Å². The van der Waals surface area contributed by atoms with E-state index in [1.807, 2.05) is 24.3 Å². The summed E-state index contributed by atoms with van der Waals surface area (Å²) in [5.74, 6) is 0.368. The lowest BCUT2D eigenvalue weighted by Crippen LogP contribution is -2.01. The van der Waals surface area contributed by atoms with Gasteiger partial charge < -0.3 is 14.6 Å². The van der Waals surface area contributed by atoms with Gasteiger partial charge >= 0.3 is 0 Å². The van der Waals surface area contributed by atoms with Crippen LogP contribution in [0.15, 0.2) is 42.5 Å². The van der Waals surface area contributed by atoms with Gasteiger partial charge in [0.05, 0.1) is 13.2 Å². The van der Waals surface area contributed by atoms with Crippen LogP contribution in [0.5, 0.6) is 11.5 Å². The van der Waals surface area contributed by atoms with E-state index < -0.39 is 11.9 Å². The smallest absolute Gasteiger partial charge is 0.165 e. The van der Waals surface area contributed by atoms with Crippen molar-refractivity contribution < 1.29 is 19.0 Å². The van der Waals surface area contributed by atoms with E-state index in [9.17, 15) is 9.50 Å². The highest BCUT2D eigenvalue weighted by Gasteiger charge is 2.09. The number of benzene rings is 2. The second-order valence-corrected chi connectivity index (χ2v) is 4.47. The Labute approximate surface area is 117 Å². The van der Waals surface area contributed by atoms with E-state index in [4.69, 9.17) is 9.47 Å². The highest BCUT2D eigenvalue weighted by molar-refractivity contribution is 5.34. The van der Waals surface area contributed by atoms with Gasteiger partial charge in [-0.25, -0.2) is 4.39 Å². The molecule has 1 N–H and O–H groups in total. The fraction of sp³-hybridized carbons (Fsp3) is 0.250. The second kappa shape index (κ2) is 6.39. The Bertz CT molecular complexity index is 582. The molecule has 2 aromatic rings. The van der Waals surface area contributed by atoms with Crippen LogP contribution in [0.25, 0.3) is 0 Å². The van der Waals surface area contributed by atoms with Gasteiger partial charge in [0.15, 0.2) is 11.6 Å². The Hall–Kier alpha value is -2.07. The lowest BCUT2D eigenvalue weighted by atomic mass is 10.1. The fourth-order valence-corrected chi connectivity index (χ4v) is 1.87. The van der Waals surface area contributed by atoms with E-state index in [0.29, 0.717) is 11.3 Å². The van der Waals surface area contributed by atoms with Crippen molar-refractivity contribution in [1.82, 2.24) is 0 Å². The van der Waals surface area contributed by atoms with E-state index in [1.165, 1.54) is 12.1 Å². The Kier molecular flexibility index (Phi) is 4.58. The number of methoxy groups -OCH3 is 1. The molecule has 2 aromatic carbocycles. The molecule has 0 aliphatic rings. The lowest BCUT2D eigenvalue weighted by Gasteiger charge is -2.12. The van der Waals surface area contributed by atoms with Gasteiger partial charge in [0, 0.05) is 5.56 Å². The molecule has 0 aliphatic carbocycles. The summed E-state index contributed by atoms with van der Waals surface area (Å²) in [7, 11) is 1.58. The number of halogens is 1. The third-order valence-corrected chi connectivity index (χ3v) is 3.01. The van der Waals surface area contributed by atoms with Crippen LogP contribution in [0.4, 0.5) is 4.39 Å². The molecule has 2 rings (SSSR count). The number of hydrogen-bond donors (Lipinski definition) is 1. The number of ether oxygens (including phenoxy) is 2. The Balaban J connectivity index is 2.11. The maximum absolute atomic E-state index is 13.8. The van der Waals surface area contributed by atoms with E-state index >= 15 is 0 Å². The van der Waals surface area contributed by atoms with E-state index in [-0.39, 0.29) is 12.4 Å². The van der Waals surface area contributed by atoms with Crippen LogP contribution < -0.4 is 9.47 Å². The van der Waals surface area contributed by atoms with Crippen molar-refractivity contribution in [2.24, 2.45) is 0 Å². The third kappa shape index (κ3) is 3.27. The maximum atomic E-state index is 13.8. The Morgan fingerprint density at radius 1 is 1.15 bits per heavy atom. The van der Waals surface area contributed by atoms with Gasteiger partial charge in [-0.2, -0.15) is 0 Å². The average Bonchev–Trinajstić information content (AvgIpc) is 2.46. The summed E-state index contributed by atoms with van der Waals surface area (Å²) in [6.07, 6.45) is -0.701. The topological polar surface area (TPSA) is 38.7 Å². The van der Waals surface area contributed by atoms with Crippen molar-refractivity contribution >= 4 is 0 Å². The molecular weight excluding hydrogens is 259 g/mol. The molecule has 0 amide bonds. The van der Waals surface area contributed by atoms with Gasteiger partial charge in [-0.05, 0) is 30.7 Å². The highest BCUT2D eigenvalue weighted by Crippen LogP contribution is 2.24. The summed E-state index contributed by atoms with van der Waals surface area (Å²) in [4.78, 5) is 0. The minimum atomic E-state index is -0.701. The number of para-hydroxylation sites is 1. The molecule has 0 aromatic heterocycles. The average molecular weight is 276 g/mol. The summed E-state index contributed by atoms with van der Waals surface area (Å²) in [5, 5.41) is 9.39. The summed E-state index contributed by atoms with van der Waals surface area (Å²) < 4.78 is 24.5. The molecular formula is C16H17FO3. The predicted octanol–water partition coefficient (Wildman–Crippen LogP) is 3.47. The first-order valence-corrected chi connectivity index (χ1v) is 6.34. The molecule has 0 saturated heterocycles. The van der Waals surface area contributed by atoms with Gasteiger partial charge in [0.25, 0.3) is 0 Å². The van der Waals surface area contributed by atoms with Crippen LogP contribution >= 0.6 is 0 Å². The molecule has 0 radical (unpaired) electrons. The lowest BCUT2D eigenvalue weighted by molar-refractivity contribution is 0.198. The first-order valence-electron chi connectivity index (χ1n) is 6.34. The number of hydrogen-bond acceptors (Lipinski definition) is 3. The molecule has 0 aliphatic heterocycles. The van der Waals surface area contributed by atoms with E-state index in [2.05, 4.69) is 0 Å². The molecule has 106 valence electrons. The summed E-state index contributed by atoms with van der Waals surface area (Å²) in [6.45, 7) is 1.80.